The quantitative estimate of drug-likeness (QED) is 0.529. The van der Waals surface area contributed by atoms with Gasteiger partial charge < -0.3 is 4.74 Å². The second kappa shape index (κ2) is 9.37. The molecule has 0 aliphatic carbocycles. The SMILES string of the molecule is CCC(=NNC(=O)COc1ccc(C(C)C)cc1Br)c1ccccc1. The fourth-order valence-corrected chi connectivity index (χ4v) is 2.79. The van der Waals surface area contributed by atoms with Crippen LogP contribution in [0.2, 0.25) is 0 Å². The van der Waals surface area contributed by atoms with Gasteiger partial charge in [-0.3, -0.25) is 4.79 Å². The zero-order valence-corrected chi connectivity index (χ0v) is 16.3. The van der Waals surface area contributed by atoms with E-state index >= 15 is 0 Å². The van der Waals surface area contributed by atoms with Crippen LogP contribution in [-0.4, -0.2) is 18.2 Å². The minimum absolute atomic E-state index is 0.0884. The normalized spacial score (nSPS) is 11.5. The van der Waals surface area contributed by atoms with Crippen LogP contribution in [0, 0.1) is 0 Å². The van der Waals surface area contributed by atoms with E-state index in [4.69, 9.17) is 4.74 Å². The first-order valence-corrected chi connectivity index (χ1v) is 9.13. The summed E-state index contributed by atoms with van der Waals surface area (Å²) in [5.41, 5.74) is 5.60. The van der Waals surface area contributed by atoms with Crippen LogP contribution in [0.25, 0.3) is 0 Å². The topological polar surface area (TPSA) is 50.7 Å². The van der Waals surface area contributed by atoms with E-state index in [1.165, 1.54) is 5.56 Å². The van der Waals surface area contributed by atoms with Crippen molar-refractivity contribution >= 4 is 27.5 Å². The summed E-state index contributed by atoms with van der Waals surface area (Å²) < 4.78 is 6.42. The monoisotopic (exact) mass is 402 g/mol. The average Bonchev–Trinajstić information content (AvgIpc) is 2.62. The predicted octanol–water partition coefficient (Wildman–Crippen LogP) is 4.88. The predicted molar refractivity (Wildman–Crippen MR) is 105 cm³/mol. The summed E-state index contributed by atoms with van der Waals surface area (Å²) in [6.45, 7) is 6.18. The molecule has 0 aliphatic rings. The molecule has 25 heavy (non-hydrogen) atoms. The molecule has 0 fully saturated rings. The molecule has 2 aromatic carbocycles. The maximum Gasteiger partial charge on any atom is 0.277 e. The summed E-state index contributed by atoms with van der Waals surface area (Å²) in [5, 5.41) is 4.21. The Labute approximate surface area is 157 Å². The molecule has 0 aromatic heterocycles. The lowest BCUT2D eigenvalue weighted by Gasteiger charge is -2.11. The molecule has 2 aromatic rings. The van der Waals surface area contributed by atoms with Gasteiger partial charge in [0, 0.05) is 0 Å². The van der Waals surface area contributed by atoms with Gasteiger partial charge in [0.2, 0.25) is 0 Å². The molecule has 4 nitrogen and oxygen atoms in total. The van der Waals surface area contributed by atoms with Gasteiger partial charge in [-0.05, 0) is 51.5 Å². The second-order valence-corrected chi connectivity index (χ2v) is 6.80. The van der Waals surface area contributed by atoms with Crippen molar-refractivity contribution in [3.05, 3.63) is 64.1 Å². The van der Waals surface area contributed by atoms with E-state index in [1.54, 1.807) is 0 Å². The van der Waals surface area contributed by atoms with Gasteiger partial charge in [-0.15, -0.1) is 0 Å². The van der Waals surface area contributed by atoms with Gasteiger partial charge in [0.25, 0.3) is 5.91 Å². The summed E-state index contributed by atoms with van der Waals surface area (Å²) >= 11 is 3.49. The molecule has 1 N–H and O–H groups in total. The highest BCUT2D eigenvalue weighted by atomic mass is 79.9. The first-order chi connectivity index (χ1) is 12.0. The Balaban J connectivity index is 1.93. The molecule has 0 bridgehead atoms. The van der Waals surface area contributed by atoms with Gasteiger partial charge in [-0.25, -0.2) is 5.43 Å². The maximum absolute atomic E-state index is 12.0. The van der Waals surface area contributed by atoms with E-state index in [1.807, 2.05) is 55.5 Å². The molecular formula is C20H23BrN2O2. The van der Waals surface area contributed by atoms with Gasteiger partial charge in [-0.1, -0.05) is 57.2 Å². The molecule has 2 rings (SSSR count). The van der Waals surface area contributed by atoms with Crippen LogP contribution in [0.3, 0.4) is 0 Å². The Kier molecular flexibility index (Phi) is 7.19. The Bertz CT molecular complexity index is 743. The molecule has 0 heterocycles. The third-order valence-corrected chi connectivity index (χ3v) is 4.36. The summed E-state index contributed by atoms with van der Waals surface area (Å²) in [5.74, 6) is 0.789. The minimum atomic E-state index is -0.290. The van der Waals surface area contributed by atoms with Crippen molar-refractivity contribution in [1.82, 2.24) is 5.43 Å². The summed E-state index contributed by atoms with van der Waals surface area (Å²) in [6.07, 6.45) is 0.730. The lowest BCUT2D eigenvalue weighted by atomic mass is 10.0. The molecule has 0 radical (unpaired) electrons. The molecule has 5 heteroatoms. The number of ether oxygens (including phenoxy) is 1. The number of amides is 1. The van der Waals surface area contributed by atoms with Gasteiger partial charge >= 0.3 is 0 Å². The standard InChI is InChI=1S/C20H23BrN2O2/c1-4-18(15-8-6-5-7-9-15)22-23-20(24)13-25-19-11-10-16(14(2)3)12-17(19)21/h5-12,14H,4,13H2,1-3H3,(H,23,24). The fourth-order valence-electron chi connectivity index (χ4n) is 2.28. The Morgan fingerprint density at radius 1 is 1.20 bits per heavy atom. The van der Waals surface area contributed by atoms with E-state index in [2.05, 4.69) is 40.3 Å². The van der Waals surface area contributed by atoms with Crippen LogP contribution in [0.5, 0.6) is 5.75 Å². The number of hydrogen-bond acceptors (Lipinski definition) is 3. The van der Waals surface area contributed by atoms with Crippen LogP contribution >= 0.6 is 15.9 Å². The van der Waals surface area contributed by atoms with Crippen molar-refractivity contribution in [2.75, 3.05) is 6.61 Å². The molecule has 0 atom stereocenters. The van der Waals surface area contributed by atoms with E-state index in [-0.39, 0.29) is 12.5 Å². The number of rotatable bonds is 7. The van der Waals surface area contributed by atoms with Crippen LogP contribution in [0.1, 0.15) is 44.2 Å². The highest BCUT2D eigenvalue weighted by Gasteiger charge is 2.08. The van der Waals surface area contributed by atoms with Crippen molar-refractivity contribution in [1.29, 1.82) is 0 Å². The number of halogens is 1. The van der Waals surface area contributed by atoms with Crippen LogP contribution in [-0.2, 0) is 4.79 Å². The number of hydrogen-bond donors (Lipinski definition) is 1. The number of nitrogens with zero attached hydrogens (tertiary/aromatic N) is 1. The first kappa shape index (κ1) is 19.2. The van der Waals surface area contributed by atoms with Crippen LogP contribution in [0.15, 0.2) is 58.1 Å². The molecule has 0 saturated heterocycles. The molecule has 0 saturated carbocycles. The first-order valence-electron chi connectivity index (χ1n) is 8.34. The molecule has 0 spiro atoms. The van der Waals surface area contributed by atoms with E-state index in [9.17, 15) is 4.79 Å². The Morgan fingerprint density at radius 2 is 1.92 bits per heavy atom. The molecule has 1 amide bonds. The second-order valence-electron chi connectivity index (χ2n) is 5.95. The molecule has 0 unspecified atom stereocenters. The largest absolute Gasteiger partial charge is 0.483 e. The lowest BCUT2D eigenvalue weighted by molar-refractivity contribution is -0.123. The van der Waals surface area contributed by atoms with Crippen molar-refractivity contribution in [3.8, 4) is 5.75 Å². The lowest BCUT2D eigenvalue weighted by Crippen LogP contribution is -2.26. The van der Waals surface area contributed by atoms with Crippen molar-refractivity contribution in [2.45, 2.75) is 33.1 Å². The van der Waals surface area contributed by atoms with Crippen molar-refractivity contribution in [3.63, 3.8) is 0 Å². The Morgan fingerprint density at radius 3 is 2.52 bits per heavy atom. The zero-order valence-electron chi connectivity index (χ0n) is 14.8. The molecular weight excluding hydrogens is 380 g/mol. The van der Waals surface area contributed by atoms with Crippen LogP contribution < -0.4 is 10.2 Å². The highest BCUT2D eigenvalue weighted by Crippen LogP contribution is 2.28. The van der Waals surface area contributed by atoms with Crippen molar-refractivity contribution in [2.24, 2.45) is 5.10 Å². The minimum Gasteiger partial charge on any atom is -0.483 e. The summed E-state index contributed by atoms with van der Waals surface area (Å²) in [7, 11) is 0. The molecule has 132 valence electrons. The number of carbonyl (C=O) groups is 1. The number of nitrogens with one attached hydrogen (secondary N) is 1. The fraction of sp³-hybridized carbons (Fsp3) is 0.300. The maximum atomic E-state index is 12.0. The van der Waals surface area contributed by atoms with Crippen molar-refractivity contribution < 1.29 is 9.53 Å². The van der Waals surface area contributed by atoms with Gasteiger partial charge in [0.1, 0.15) is 5.75 Å². The van der Waals surface area contributed by atoms with E-state index in [0.717, 1.165) is 22.2 Å². The van der Waals surface area contributed by atoms with Gasteiger partial charge in [0.05, 0.1) is 10.2 Å². The molecule has 0 aliphatic heterocycles. The third kappa shape index (κ3) is 5.71. The summed E-state index contributed by atoms with van der Waals surface area (Å²) in [6, 6.07) is 15.7. The van der Waals surface area contributed by atoms with Gasteiger partial charge in [0.15, 0.2) is 6.61 Å². The summed E-state index contributed by atoms with van der Waals surface area (Å²) in [4.78, 5) is 12.0. The smallest absolute Gasteiger partial charge is 0.277 e. The zero-order chi connectivity index (χ0) is 18.2. The number of hydrazone groups is 1. The number of benzene rings is 2. The highest BCUT2D eigenvalue weighted by molar-refractivity contribution is 9.10. The average molecular weight is 403 g/mol. The van der Waals surface area contributed by atoms with Gasteiger partial charge in [-0.2, -0.15) is 5.10 Å². The third-order valence-electron chi connectivity index (χ3n) is 3.74. The Hall–Kier alpha value is -2.14. The van der Waals surface area contributed by atoms with Crippen LogP contribution in [0.4, 0.5) is 0 Å². The van der Waals surface area contributed by atoms with E-state index < -0.39 is 0 Å². The number of carbonyl (C=O) groups excluding carboxylic acids is 1. The van der Waals surface area contributed by atoms with E-state index in [0.29, 0.717) is 11.7 Å².